The van der Waals surface area contributed by atoms with Crippen molar-refractivity contribution in [2.45, 2.75) is 18.4 Å². The van der Waals surface area contributed by atoms with Gasteiger partial charge in [0.2, 0.25) is 0 Å². The van der Waals surface area contributed by atoms with E-state index in [1.165, 1.54) is 6.07 Å². The number of benzene rings is 1. The van der Waals surface area contributed by atoms with Crippen LogP contribution in [0.15, 0.2) is 22.7 Å². The smallest absolute Gasteiger partial charge is 0.126 e. The molecular weight excluding hydrogens is 221 g/mol. The number of nitrogens with two attached hydrogens (primary N) is 1. The SMILES string of the molecule is N[C@@H]1C[C@H]1c1cc(Br)ccc1F. The van der Waals surface area contributed by atoms with Crippen LogP contribution in [0.1, 0.15) is 17.9 Å². The van der Waals surface area contributed by atoms with E-state index in [1.54, 1.807) is 6.07 Å². The highest BCUT2D eigenvalue weighted by molar-refractivity contribution is 9.10. The zero-order valence-electron chi connectivity index (χ0n) is 6.43. The highest BCUT2D eigenvalue weighted by atomic mass is 79.9. The van der Waals surface area contributed by atoms with Crippen LogP contribution in [0.2, 0.25) is 0 Å². The Hall–Kier alpha value is -0.410. The van der Waals surface area contributed by atoms with E-state index < -0.39 is 0 Å². The highest BCUT2D eigenvalue weighted by Crippen LogP contribution is 2.40. The molecule has 0 radical (unpaired) electrons. The van der Waals surface area contributed by atoms with E-state index in [0.717, 1.165) is 16.5 Å². The van der Waals surface area contributed by atoms with Gasteiger partial charge in [0.15, 0.2) is 0 Å². The number of hydrogen-bond donors (Lipinski definition) is 1. The quantitative estimate of drug-likeness (QED) is 0.787. The number of rotatable bonds is 1. The number of halogens is 2. The van der Waals surface area contributed by atoms with Gasteiger partial charge in [-0.25, -0.2) is 4.39 Å². The fraction of sp³-hybridized carbons (Fsp3) is 0.333. The molecule has 1 nitrogen and oxygen atoms in total. The molecule has 0 amide bonds. The first kappa shape index (κ1) is 8.20. The van der Waals surface area contributed by atoms with Gasteiger partial charge in [-0.1, -0.05) is 15.9 Å². The molecule has 1 fully saturated rings. The van der Waals surface area contributed by atoms with Crippen LogP contribution in [-0.4, -0.2) is 6.04 Å². The van der Waals surface area contributed by atoms with E-state index in [9.17, 15) is 4.39 Å². The summed E-state index contributed by atoms with van der Waals surface area (Å²) < 4.78 is 14.1. The van der Waals surface area contributed by atoms with Gasteiger partial charge in [0, 0.05) is 16.4 Å². The Labute approximate surface area is 78.9 Å². The van der Waals surface area contributed by atoms with Crippen LogP contribution in [0.5, 0.6) is 0 Å². The summed E-state index contributed by atoms with van der Waals surface area (Å²) in [5.74, 6) is 0.0960. The molecule has 1 aromatic rings. The lowest BCUT2D eigenvalue weighted by molar-refractivity contribution is 0.609. The standard InChI is InChI=1S/C9H9BrFN/c10-5-1-2-8(11)6(3-5)7-4-9(7)12/h1-3,7,9H,4,12H2/t7-,9+/m0/s1. The highest BCUT2D eigenvalue weighted by Gasteiger charge is 2.36. The zero-order chi connectivity index (χ0) is 8.72. The molecule has 1 aliphatic rings. The third kappa shape index (κ3) is 1.39. The summed E-state index contributed by atoms with van der Waals surface area (Å²) in [7, 11) is 0. The molecule has 0 aliphatic heterocycles. The zero-order valence-corrected chi connectivity index (χ0v) is 8.01. The molecule has 1 aliphatic carbocycles. The van der Waals surface area contributed by atoms with Crippen LogP contribution in [-0.2, 0) is 0 Å². The molecule has 3 heteroatoms. The van der Waals surface area contributed by atoms with E-state index >= 15 is 0 Å². The van der Waals surface area contributed by atoms with Crippen molar-refractivity contribution in [2.24, 2.45) is 5.73 Å². The van der Waals surface area contributed by atoms with Crippen LogP contribution < -0.4 is 5.73 Å². The third-order valence-corrected chi connectivity index (χ3v) is 2.69. The summed E-state index contributed by atoms with van der Waals surface area (Å²) >= 11 is 3.30. The molecule has 0 saturated heterocycles. The topological polar surface area (TPSA) is 26.0 Å². The fourth-order valence-electron chi connectivity index (χ4n) is 1.37. The van der Waals surface area contributed by atoms with Gasteiger partial charge < -0.3 is 5.73 Å². The van der Waals surface area contributed by atoms with E-state index in [0.29, 0.717) is 0 Å². The van der Waals surface area contributed by atoms with Crippen molar-refractivity contribution < 1.29 is 4.39 Å². The molecular formula is C9H9BrFN. The first-order valence-corrected chi connectivity index (χ1v) is 4.68. The van der Waals surface area contributed by atoms with Crippen LogP contribution in [0.25, 0.3) is 0 Å². The summed E-state index contributed by atoms with van der Waals surface area (Å²) in [5.41, 5.74) is 6.38. The molecule has 0 spiro atoms. The molecule has 2 atom stereocenters. The van der Waals surface area contributed by atoms with Gasteiger partial charge in [0.25, 0.3) is 0 Å². The first-order valence-electron chi connectivity index (χ1n) is 3.89. The molecule has 2 rings (SSSR count). The lowest BCUT2D eigenvalue weighted by atomic mass is 10.1. The Balaban J connectivity index is 2.36. The Morgan fingerprint density at radius 1 is 1.50 bits per heavy atom. The average Bonchev–Trinajstić information content (AvgIpc) is 2.73. The van der Waals surface area contributed by atoms with Crippen molar-refractivity contribution in [1.82, 2.24) is 0 Å². The van der Waals surface area contributed by atoms with Crippen LogP contribution in [0, 0.1) is 5.82 Å². The second-order valence-corrected chi connectivity index (χ2v) is 4.09. The van der Waals surface area contributed by atoms with Crippen molar-refractivity contribution in [2.75, 3.05) is 0 Å². The first-order chi connectivity index (χ1) is 5.68. The molecule has 64 valence electrons. The Bertz CT molecular complexity index is 313. The van der Waals surface area contributed by atoms with E-state index in [2.05, 4.69) is 15.9 Å². The Morgan fingerprint density at radius 2 is 2.17 bits per heavy atom. The van der Waals surface area contributed by atoms with Crippen molar-refractivity contribution >= 4 is 15.9 Å². The van der Waals surface area contributed by atoms with Crippen molar-refractivity contribution in [3.8, 4) is 0 Å². The molecule has 2 N–H and O–H groups in total. The molecule has 0 heterocycles. The van der Waals surface area contributed by atoms with E-state index in [1.807, 2.05) is 6.07 Å². The molecule has 1 aromatic carbocycles. The van der Waals surface area contributed by atoms with Gasteiger partial charge in [-0.15, -0.1) is 0 Å². The minimum absolute atomic E-state index is 0.142. The Morgan fingerprint density at radius 3 is 2.75 bits per heavy atom. The molecule has 0 unspecified atom stereocenters. The summed E-state index contributed by atoms with van der Waals surface area (Å²) in [4.78, 5) is 0. The van der Waals surface area contributed by atoms with Gasteiger partial charge in [-0.2, -0.15) is 0 Å². The van der Waals surface area contributed by atoms with Crippen LogP contribution in [0.4, 0.5) is 4.39 Å². The van der Waals surface area contributed by atoms with Gasteiger partial charge in [-0.05, 0) is 30.2 Å². The minimum atomic E-state index is -0.142. The van der Waals surface area contributed by atoms with Crippen molar-refractivity contribution in [1.29, 1.82) is 0 Å². The maximum absolute atomic E-state index is 13.2. The van der Waals surface area contributed by atoms with Crippen molar-refractivity contribution in [3.63, 3.8) is 0 Å². The van der Waals surface area contributed by atoms with Gasteiger partial charge in [0.05, 0.1) is 0 Å². The largest absolute Gasteiger partial charge is 0.327 e. The fourth-order valence-corrected chi connectivity index (χ4v) is 1.75. The van der Waals surface area contributed by atoms with E-state index in [4.69, 9.17) is 5.73 Å². The van der Waals surface area contributed by atoms with Crippen molar-refractivity contribution in [3.05, 3.63) is 34.1 Å². The second-order valence-electron chi connectivity index (χ2n) is 3.17. The average molecular weight is 230 g/mol. The molecule has 12 heavy (non-hydrogen) atoms. The maximum atomic E-state index is 13.2. The van der Waals surface area contributed by atoms with E-state index in [-0.39, 0.29) is 17.8 Å². The molecule has 0 aromatic heterocycles. The summed E-state index contributed by atoms with van der Waals surface area (Å²) in [6.45, 7) is 0. The molecule has 0 bridgehead atoms. The van der Waals surface area contributed by atoms with Gasteiger partial charge in [-0.3, -0.25) is 0 Å². The van der Waals surface area contributed by atoms with Crippen LogP contribution in [0.3, 0.4) is 0 Å². The summed E-state index contributed by atoms with van der Waals surface area (Å²) in [5, 5.41) is 0. The lowest BCUT2D eigenvalue weighted by Gasteiger charge is -2.01. The van der Waals surface area contributed by atoms with Gasteiger partial charge >= 0.3 is 0 Å². The lowest BCUT2D eigenvalue weighted by Crippen LogP contribution is -2.02. The van der Waals surface area contributed by atoms with Crippen LogP contribution >= 0.6 is 15.9 Å². The predicted molar refractivity (Wildman–Crippen MR) is 49.4 cm³/mol. The third-order valence-electron chi connectivity index (χ3n) is 2.20. The minimum Gasteiger partial charge on any atom is -0.327 e. The van der Waals surface area contributed by atoms with Gasteiger partial charge in [0.1, 0.15) is 5.82 Å². The maximum Gasteiger partial charge on any atom is 0.126 e. The second kappa shape index (κ2) is 2.82. The summed E-state index contributed by atoms with van der Waals surface area (Å²) in [6.07, 6.45) is 0.910. The predicted octanol–water partition coefficient (Wildman–Crippen LogP) is 2.40. The number of hydrogen-bond acceptors (Lipinski definition) is 1. The molecule has 1 saturated carbocycles. The monoisotopic (exact) mass is 229 g/mol. The summed E-state index contributed by atoms with van der Waals surface area (Å²) in [6, 6.07) is 5.15. The Kier molecular flexibility index (Phi) is 1.93. The normalized spacial score (nSPS) is 27.2.